The number of hydrogen-bond acceptors (Lipinski definition) is 6. The summed E-state index contributed by atoms with van der Waals surface area (Å²) in [6, 6.07) is 0. The van der Waals surface area contributed by atoms with Gasteiger partial charge < -0.3 is 5.73 Å². The van der Waals surface area contributed by atoms with Crippen LogP contribution in [0.4, 0.5) is 5.13 Å². The molecule has 0 fully saturated rings. The molecule has 0 amide bonds. The molecule has 0 aromatic carbocycles. The fraction of sp³-hybridized carbons (Fsp3) is 0.600. The first-order valence-electron chi connectivity index (χ1n) is 3.15. The first-order valence-corrected chi connectivity index (χ1v) is 3.97. The zero-order valence-electron chi connectivity index (χ0n) is 6.11. The summed E-state index contributed by atoms with van der Waals surface area (Å²) in [6.45, 7) is 2.67. The van der Waals surface area contributed by atoms with Gasteiger partial charge in [-0.15, -0.1) is 10.2 Å². The second-order valence-electron chi connectivity index (χ2n) is 1.70. The Morgan fingerprint density at radius 1 is 1.45 bits per heavy atom. The highest BCUT2D eigenvalue weighted by molar-refractivity contribution is 7.15. The molecule has 0 bridgehead atoms. The van der Waals surface area contributed by atoms with E-state index in [4.69, 9.17) is 10.6 Å². The van der Waals surface area contributed by atoms with Crippen LogP contribution in [0.2, 0.25) is 0 Å². The third-order valence-corrected chi connectivity index (χ3v) is 1.59. The third kappa shape index (κ3) is 2.79. The Morgan fingerprint density at radius 3 is 2.82 bits per heavy atom. The van der Waals surface area contributed by atoms with Crippen LogP contribution in [0, 0.1) is 0 Å². The Labute approximate surface area is 68.1 Å². The summed E-state index contributed by atoms with van der Waals surface area (Å²) in [6.07, 6.45) is 0. The smallest absolute Gasteiger partial charge is 0.203 e. The Balaban J connectivity index is 2.27. The van der Waals surface area contributed by atoms with Crippen LogP contribution in [0.5, 0.6) is 0 Å². The van der Waals surface area contributed by atoms with Crippen molar-refractivity contribution in [2.24, 2.45) is 0 Å². The maximum Gasteiger partial charge on any atom is 0.203 e. The zero-order valence-corrected chi connectivity index (χ0v) is 6.93. The minimum absolute atomic E-state index is 0.308. The highest BCUT2D eigenvalue weighted by Crippen LogP contribution is 2.11. The fourth-order valence-corrected chi connectivity index (χ4v) is 1.01. The van der Waals surface area contributed by atoms with E-state index in [-0.39, 0.29) is 0 Å². The van der Waals surface area contributed by atoms with Crippen molar-refractivity contribution in [1.82, 2.24) is 10.2 Å². The van der Waals surface area contributed by atoms with Gasteiger partial charge in [0.25, 0.3) is 0 Å². The molecule has 1 aromatic rings. The lowest BCUT2D eigenvalue weighted by Crippen LogP contribution is -1.93. The van der Waals surface area contributed by atoms with Gasteiger partial charge in [-0.25, -0.2) is 9.78 Å². The number of rotatable bonds is 4. The monoisotopic (exact) mass is 175 g/mol. The van der Waals surface area contributed by atoms with Gasteiger partial charge >= 0.3 is 0 Å². The number of nitrogens with zero attached hydrogens (tertiary/aromatic N) is 2. The van der Waals surface area contributed by atoms with Gasteiger partial charge in [0.1, 0.15) is 11.6 Å². The maximum atomic E-state index is 5.33. The summed E-state index contributed by atoms with van der Waals surface area (Å²) in [7, 11) is 0. The molecule has 0 atom stereocenters. The highest BCUT2D eigenvalue weighted by Gasteiger charge is 1.99. The predicted molar refractivity (Wildman–Crippen MR) is 40.7 cm³/mol. The normalized spacial score (nSPS) is 10.3. The molecule has 0 aliphatic rings. The standard InChI is InChI=1S/C5H9N3O2S/c1-2-9-10-3-4-7-8-5(6)11-4/h2-3H2,1H3,(H2,6,8). The summed E-state index contributed by atoms with van der Waals surface area (Å²) in [5.74, 6) is 0. The number of aromatic nitrogens is 2. The molecule has 0 spiro atoms. The van der Waals surface area contributed by atoms with E-state index in [1.807, 2.05) is 6.92 Å². The molecule has 5 nitrogen and oxygen atoms in total. The number of hydrogen-bond donors (Lipinski definition) is 1. The van der Waals surface area contributed by atoms with Crippen molar-refractivity contribution in [3.05, 3.63) is 5.01 Å². The largest absolute Gasteiger partial charge is 0.374 e. The van der Waals surface area contributed by atoms with Gasteiger partial charge in [0.15, 0.2) is 0 Å². The van der Waals surface area contributed by atoms with Gasteiger partial charge in [0.2, 0.25) is 5.13 Å². The van der Waals surface area contributed by atoms with Gasteiger partial charge in [-0.1, -0.05) is 11.3 Å². The molecule has 0 saturated heterocycles. The number of nitrogen functional groups attached to an aromatic ring is 1. The molecule has 1 heterocycles. The van der Waals surface area contributed by atoms with Crippen LogP contribution in [-0.4, -0.2) is 16.8 Å². The van der Waals surface area contributed by atoms with Crippen LogP contribution >= 0.6 is 11.3 Å². The lowest BCUT2D eigenvalue weighted by atomic mass is 10.8. The lowest BCUT2D eigenvalue weighted by molar-refractivity contribution is -0.300. The van der Waals surface area contributed by atoms with E-state index in [1.54, 1.807) is 0 Å². The van der Waals surface area contributed by atoms with E-state index in [0.29, 0.717) is 18.3 Å². The molecule has 0 aliphatic carbocycles. The van der Waals surface area contributed by atoms with Crippen molar-refractivity contribution < 1.29 is 9.78 Å². The summed E-state index contributed by atoms with van der Waals surface area (Å²) in [4.78, 5) is 9.38. The first-order chi connectivity index (χ1) is 5.33. The first kappa shape index (κ1) is 8.38. The Kier molecular flexibility index (Phi) is 3.21. The van der Waals surface area contributed by atoms with Gasteiger partial charge in [0, 0.05) is 0 Å². The molecule has 0 radical (unpaired) electrons. The minimum atomic E-state index is 0.308. The topological polar surface area (TPSA) is 70.3 Å². The Bertz CT molecular complexity index is 215. The summed E-state index contributed by atoms with van der Waals surface area (Å²) < 4.78 is 0. The van der Waals surface area contributed by atoms with E-state index in [1.165, 1.54) is 11.3 Å². The van der Waals surface area contributed by atoms with E-state index >= 15 is 0 Å². The average Bonchev–Trinajstić information content (AvgIpc) is 2.37. The summed E-state index contributed by atoms with van der Waals surface area (Å²) >= 11 is 1.29. The number of anilines is 1. The molecule has 6 heteroatoms. The van der Waals surface area contributed by atoms with Crippen molar-refractivity contribution in [3.63, 3.8) is 0 Å². The minimum Gasteiger partial charge on any atom is -0.374 e. The summed E-state index contributed by atoms with van der Waals surface area (Å²) in [5, 5.41) is 8.50. The van der Waals surface area contributed by atoms with Crippen molar-refractivity contribution in [1.29, 1.82) is 0 Å². The second kappa shape index (κ2) is 4.22. The molecule has 0 saturated carbocycles. The molecular formula is C5H9N3O2S. The number of nitrogens with two attached hydrogens (primary N) is 1. The highest BCUT2D eigenvalue weighted by atomic mass is 32.1. The van der Waals surface area contributed by atoms with E-state index in [0.717, 1.165) is 5.01 Å². The molecule has 62 valence electrons. The molecule has 0 unspecified atom stereocenters. The maximum absolute atomic E-state index is 5.33. The van der Waals surface area contributed by atoms with Crippen molar-refractivity contribution in [3.8, 4) is 0 Å². The van der Waals surface area contributed by atoms with Gasteiger partial charge in [0.05, 0.1) is 6.61 Å². The van der Waals surface area contributed by atoms with Crippen LogP contribution in [0.3, 0.4) is 0 Å². The van der Waals surface area contributed by atoms with Gasteiger partial charge in [-0.05, 0) is 6.92 Å². The predicted octanol–water partition coefficient (Wildman–Crippen LogP) is 0.588. The Morgan fingerprint density at radius 2 is 2.27 bits per heavy atom. The Hall–Kier alpha value is -0.720. The van der Waals surface area contributed by atoms with Gasteiger partial charge in [-0.3, -0.25) is 0 Å². The molecule has 1 rings (SSSR count). The van der Waals surface area contributed by atoms with E-state index in [2.05, 4.69) is 15.1 Å². The van der Waals surface area contributed by atoms with Crippen LogP contribution in [0.25, 0.3) is 0 Å². The van der Waals surface area contributed by atoms with Crippen molar-refractivity contribution >= 4 is 16.5 Å². The van der Waals surface area contributed by atoms with E-state index < -0.39 is 0 Å². The average molecular weight is 175 g/mol. The molecule has 1 aromatic heterocycles. The lowest BCUT2D eigenvalue weighted by Gasteiger charge is -1.95. The van der Waals surface area contributed by atoms with Crippen molar-refractivity contribution in [2.75, 3.05) is 12.3 Å². The molecule has 0 aliphatic heterocycles. The van der Waals surface area contributed by atoms with Crippen LogP contribution in [0.1, 0.15) is 11.9 Å². The van der Waals surface area contributed by atoms with Gasteiger partial charge in [-0.2, -0.15) is 0 Å². The molecule has 11 heavy (non-hydrogen) atoms. The van der Waals surface area contributed by atoms with Crippen LogP contribution in [-0.2, 0) is 16.4 Å². The van der Waals surface area contributed by atoms with Crippen LogP contribution in [0.15, 0.2) is 0 Å². The SMILES string of the molecule is CCOOCc1nnc(N)s1. The summed E-state index contributed by atoms with van der Waals surface area (Å²) in [5.41, 5.74) is 5.33. The van der Waals surface area contributed by atoms with E-state index in [9.17, 15) is 0 Å². The molecular weight excluding hydrogens is 166 g/mol. The third-order valence-electron chi connectivity index (χ3n) is 0.866. The zero-order chi connectivity index (χ0) is 8.10. The molecule has 2 N–H and O–H groups in total. The van der Waals surface area contributed by atoms with Crippen molar-refractivity contribution in [2.45, 2.75) is 13.5 Å². The quantitative estimate of drug-likeness (QED) is 0.412. The van der Waals surface area contributed by atoms with Crippen LogP contribution < -0.4 is 5.73 Å². The second-order valence-corrected chi connectivity index (χ2v) is 2.80. The fourth-order valence-electron chi connectivity index (χ4n) is 0.500.